The fourth-order valence-electron chi connectivity index (χ4n) is 4.43. The van der Waals surface area contributed by atoms with Crippen molar-refractivity contribution in [2.45, 2.75) is 63.3 Å². The van der Waals surface area contributed by atoms with Gasteiger partial charge in [-0.25, -0.2) is 18.1 Å². The van der Waals surface area contributed by atoms with Gasteiger partial charge in [-0.1, -0.05) is 20.3 Å². The van der Waals surface area contributed by atoms with Crippen LogP contribution in [0.25, 0.3) is 22.4 Å². The molecule has 3 aromatic rings. The minimum atomic E-state index is -4.27. The SMILES string of the molecule is [2H]Cn1nc(CCC)c2nc(-c3cc(S(=O)(=O)NC([2H])([2H])CC4CCCN4C)ccc3OCCC)[nH]c(=O)c21. The lowest BCUT2D eigenvalue weighted by molar-refractivity contribution is 0.297. The van der Waals surface area contributed by atoms with Crippen molar-refractivity contribution in [3.63, 3.8) is 0 Å². The quantitative estimate of drug-likeness (QED) is 0.399. The zero-order valence-corrected chi connectivity index (χ0v) is 21.8. The highest BCUT2D eigenvalue weighted by Crippen LogP contribution is 2.31. The van der Waals surface area contributed by atoms with Crippen LogP contribution in [0.2, 0.25) is 0 Å². The lowest BCUT2D eigenvalue weighted by atomic mass is 10.1. The summed E-state index contributed by atoms with van der Waals surface area (Å²) in [5.41, 5.74) is 0.875. The summed E-state index contributed by atoms with van der Waals surface area (Å²) in [5.74, 6) is 0.437. The molecule has 4 rings (SSSR count). The number of aryl methyl sites for hydroxylation is 2. The Morgan fingerprint density at radius 2 is 2.17 bits per heavy atom. The highest BCUT2D eigenvalue weighted by Gasteiger charge is 2.23. The fourth-order valence-corrected chi connectivity index (χ4v) is 5.34. The third-order valence-corrected chi connectivity index (χ3v) is 7.64. The van der Waals surface area contributed by atoms with Gasteiger partial charge in [0.05, 0.1) is 22.8 Å². The molecule has 1 aliphatic heterocycles. The number of nitrogens with zero attached hydrogens (tertiary/aromatic N) is 4. The van der Waals surface area contributed by atoms with Crippen LogP contribution in [-0.4, -0.2) is 65.8 Å². The van der Waals surface area contributed by atoms with Crippen molar-refractivity contribution in [3.8, 4) is 17.1 Å². The van der Waals surface area contributed by atoms with Crippen LogP contribution in [0.4, 0.5) is 0 Å². The molecule has 196 valence electrons. The molecule has 2 N–H and O–H groups in total. The van der Waals surface area contributed by atoms with Crippen molar-refractivity contribution in [3.05, 3.63) is 34.2 Å². The van der Waals surface area contributed by atoms with Crippen LogP contribution >= 0.6 is 0 Å². The Morgan fingerprint density at radius 3 is 2.86 bits per heavy atom. The number of ether oxygens (including phenoxy) is 1. The molecule has 1 aromatic carbocycles. The Balaban J connectivity index is 1.77. The third-order valence-electron chi connectivity index (χ3n) is 6.35. The maximum absolute atomic E-state index is 13.3. The number of sulfonamides is 1. The maximum atomic E-state index is 13.3. The Bertz CT molecular complexity index is 1490. The summed E-state index contributed by atoms with van der Waals surface area (Å²) in [6, 6.07) is 4.13. The van der Waals surface area contributed by atoms with E-state index in [9.17, 15) is 13.2 Å². The van der Waals surface area contributed by atoms with Gasteiger partial charge < -0.3 is 14.6 Å². The van der Waals surface area contributed by atoms with Gasteiger partial charge in [-0.05, 0) is 63.9 Å². The summed E-state index contributed by atoms with van der Waals surface area (Å²) in [7, 11) is -2.61. The topological polar surface area (TPSA) is 122 Å². The van der Waals surface area contributed by atoms with Crippen molar-refractivity contribution in [2.24, 2.45) is 7.02 Å². The van der Waals surface area contributed by atoms with E-state index in [0.717, 1.165) is 25.8 Å². The van der Waals surface area contributed by atoms with Gasteiger partial charge in [-0.15, -0.1) is 0 Å². The number of H-pyrrole nitrogens is 1. The van der Waals surface area contributed by atoms with Crippen molar-refractivity contribution in [1.82, 2.24) is 29.4 Å². The largest absolute Gasteiger partial charge is 0.493 e. The molecule has 1 aliphatic rings. The molecule has 0 bridgehead atoms. The first-order chi connectivity index (χ1) is 18.5. The minimum absolute atomic E-state index is 0.0268. The van der Waals surface area contributed by atoms with Crippen LogP contribution in [0, 0.1) is 0 Å². The van der Waals surface area contributed by atoms with Crippen molar-refractivity contribution in [2.75, 3.05) is 26.7 Å². The zero-order valence-electron chi connectivity index (χ0n) is 24.0. The molecule has 1 saturated heterocycles. The van der Waals surface area contributed by atoms with Crippen LogP contribution in [0.15, 0.2) is 27.9 Å². The number of nitrogens with one attached hydrogen (secondary N) is 2. The van der Waals surface area contributed by atoms with Crippen molar-refractivity contribution >= 4 is 21.1 Å². The van der Waals surface area contributed by atoms with E-state index in [1.54, 1.807) is 0 Å². The second-order valence-corrected chi connectivity index (χ2v) is 10.8. The standard InChI is InChI=1S/C25H36N6O4S/c1-5-8-20-22-23(31(4)29-20)25(32)28-24(27-22)19-16-18(10-11-21(19)35-15-6-2)36(33,34)26-13-12-17-9-7-14-30(17)3/h10-11,16-17,26H,5-9,12-15H2,1-4H3,(H,27,28,32)/i4D,13D2. The molecular formula is C25H36N6O4S. The van der Waals surface area contributed by atoms with Gasteiger partial charge in [0.1, 0.15) is 17.1 Å². The first-order valence-electron chi connectivity index (χ1n) is 14.0. The fraction of sp³-hybridized carbons (Fsp3) is 0.560. The van der Waals surface area contributed by atoms with E-state index in [-0.39, 0.29) is 41.3 Å². The Morgan fingerprint density at radius 1 is 1.33 bits per heavy atom. The van der Waals surface area contributed by atoms with Gasteiger partial charge in [0.2, 0.25) is 10.0 Å². The number of likely N-dealkylation sites (tertiary alicyclic amines) is 1. The Kier molecular flexibility index (Phi) is 6.92. The first-order valence-corrected chi connectivity index (χ1v) is 13.8. The smallest absolute Gasteiger partial charge is 0.277 e. The molecule has 1 fully saturated rings. The average Bonchev–Trinajstić information content (AvgIpc) is 3.44. The molecule has 1 unspecified atom stereocenters. The summed E-state index contributed by atoms with van der Waals surface area (Å²) < 4.78 is 60.6. The van der Waals surface area contributed by atoms with Gasteiger partial charge in [0.15, 0.2) is 5.52 Å². The molecule has 11 heteroatoms. The molecule has 36 heavy (non-hydrogen) atoms. The second-order valence-electron chi connectivity index (χ2n) is 9.08. The van der Waals surface area contributed by atoms with Gasteiger partial charge in [0, 0.05) is 23.7 Å². The summed E-state index contributed by atoms with van der Waals surface area (Å²) in [4.78, 5) is 22.3. The molecule has 0 amide bonds. The predicted octanol–water partition coefficient (Wildman–Crippen LogP) is 2.83. The van der Waals surface area contributed by atoms with Crippen molar-refractivity contribution < 1.29 is 17.3 Å². The van der Waals surface area contributed by atoms with E-state index in [1.807, 2.05) is 25.8 Å². The Hall–Kier alpha value is -2.76. The van der Waals surface area contributed by atoms with Gasteiger partial charge in [-0.3, -0.25) is 9.48 Å². The molecule has 10 nitrogen and oxygen atoms in total. The maximum Gasteiger partial charge on any atom is 0.277 e. The van der Waals surface area contributed by atoms with E-state index in [1.165, 1.54) is 22.9 Å². The van der Waals surface area contributed by atoms with Gasteiger partial charge in [0.25, 0.3) is 5.56 Å². The number of rotatable bonds is 11. The summed E-state index contributed by atoms with van der Waals surface area (Å²) in [6.45, 7) is 2.96. The van der Waals surface area contributed by atoms with E-state index < -0.39 is 22.1 Å². The average molecular weight is 520 g/mol. The molecule has 0 saturated carbocycles. The van der Waals surface area contributed by atoms with Crippen LogP contribution < -0.4 is 15.0 Å². The molecule has 0 aliphatic carbocycles. The second kappa shape index (κ2) is 11.1. The summed E-state index contributed by atoms with van der Waals surface area (Å²) in [6.07, 6.45) is 3.81. The van der Waals surface area contributed by atoms with Gasteiger partial charge in [-0.2, -0.15) is 5.10 Å². The third kappa shape index (κ3) is 5.47. The molecule has 0 radical (unpaired) electrons. The summed E-state index contributed by atoms with van der Waals surface area (Å²) in [5, 5.41) is 4.37. The van der Waals surface area contributed by atoms with Crippen LogP contribution in [-0.2, 0) is 23.5 Å². The Labute approximate surface area is 216 Å². The van der Waals surface area contributed by atoms with Crippen molar-refractivity contribution in [1.29, 1.82) is 0 Å². The monoisotopic (exact) mass is 519 g/mol. The van der Waals surface area contributed by atoms with Crippen LogP contribution in [0.5, 0.6) is 5.75 Å². The van der Waals surface area contributed by atoms with Crippen LogP contribution in [0.1, 0.15) is 55.8 Å². The molecule has 3 heterocycles. The summed E-state index contributed by atoms with van der Waals surface area (Å²) >= 11 is 0. The zero-order chi connectivity index (χ0) is 28.4. The van der Waals surface area contributed by atoms with E-state index in [2.05, 4.69) is 19.8 Å². The van der Waals surface area contributed by atoms with Crippen LogP contribution in [0.3, 0.4) is 0 Å². The molecular weight excluding hydrogens is 480 g/mol. The van der Waals surface area contributed by atoms with E-state index in [0.29, 0.717) is 36.4 Å². The highest BCUT2D eigenvalue weighted by atomic mass is 32.2. The number of benzene rings is 1. The molecule has 2 aromatic heterocycles. The lowest BCUT2D eigenvalue weighted by Crippen LogP contribution is -2.31. The first kappa shape index (κ1) is 22.4. The highest BCUT2D eigenvalue weighted by molar-refractivity contribution is 7.89. The molecule has 0 spiro atoms. The normalized spacial score (nSPS) is 18.3. The minimum Gasteiger partial charge on any atom is -0.493 e. The van der Waals surface area contributed by atoms with E-state index >= 15 is 0 Å². The van der Waals surface area contributed by atoms with Gasteiger partial charge >= 0.3 is 0 Å². The predicted molar refractivity (Wildman–Crippen MR) is 140 cm³/mol. The molecule has 1 atom stereocenters. The number of aromatic amines is 1. The lowest BCUT2D eigenvalue weighted by Gasteiger charge is -2.19. The number of aromatic nitrogens is 4. The van der Waals surface area contributed by atoms with E-state index in [4.69, 9.17) is 8.85 Å². The number of fused-ring (bicyclic) bond motifs is 1. The number of hydrogen-bond acceptors (Lipinski definition) is 7. The number of hydrogen-bond donors (Lipinski definition) is 2.